The predicted molar refractivity (Wildman–Crippen MR) is 71.3 cm³/mol. The largest absolute Gasteiger partial charge is 0.465 e. The maximum absolute atomic E-state index is 5.50. The van der Waals surface area contributed by atoms with Gasteiger partial charge in [-0.05, 0) is 30.8 Å². The number of nitrogens with two attached hydrogens (primary N) is 1. The molecule has 3 aromatic rings. The molecule has 0 atom stereocenters. The number of fused-ring (bicyclic) bond motifs is 1. The van der Waals surface area contributed by atoms with Crippen molar-refractivity contribution in [1.82, 2.24) is 14.6 Å². The van der Waals surface area contributed by atoms with Crippen LogP contribution in [0.1, 0.15) is 16.5 Å². The van der Waals surface area contributed by atoms with Crippen LogP contribution >= 0.6 is 11.3 Å². The molecule has 3 heterocycles. The van der Waals surface area contributed by atoms with Crippen LogP contribution in [0.4, 0.5) is 0 Å². The third-order valence-corrected chi connectivity index (χ3v) is 3.33. The van der Waals surface area contributed by atoms with Gasteiger partial charge >= 0.3 is 0 Å². The average molecular weight is 260 g/mol. The minimum atomic E-state index is 0.607. The van der Waals surface area contributed by atoms with E-state index in [0.717, 1.165) is 27.8 Å². The Morgan fingerprint density at radius 3 is 3.11 bits per heavy atom. The lowest BCUT2D eigenvalue weighted by molar-refractivity contribution is 0.557. The zero-order chi connectivity index (χ0) is 12.4. The van der Waals surface area contributed by atoms with E-state index >= 15 is 0 Å². The molecule has 0 fully saturated rings. The summed E-state index contributed by atoms with van der Waals surface area (Å²) in [6.07, 6.45) is 8.16. The Balaban J connectivity index is 1.83. The van der Waals surface area contributed by atoms with Crippen LogP contribution in [-0.4, -0.2) is 21.1 Å². The van der Waals surface area contributed by atoms with Crippen molar-refractivity contribution in [3.63, 3.8) is 0 Å². The Hall–Kier alpha value is -1.92. The van der Waals surface area contributed by atoms with E-state index in [-0.39, 0.29) is 0 Å². The van der Waals surface area contributed by atoms with E-state index in [4.69, 9.17) is 10.2 Å². The van der Waals surface area contributed by atoms with E-state index < -0.39 is 0 Å². The van der Waals surface area contributed by atoms with Gasteiger partial charge in [-0.1, -0.05) is 11.3 Å². The van der Waals surface area contributed by atoms with Crippen LogP contribution < -0.4 is 5.73 Å². The van der Waals surface area contributed by atoms with Crippen molar-refractivity contribution in [2.24, 2.45) is 5.73 Å². The van der Waals surface area contributed by atoms with Gasteiger partial charge in [0, 0.05) is 6.42 Å². The molecule has 0 aliphatic heterocycles. The molecule has 0 aliphatic carbocycles. The summed E-state index contributed by atoms with van der Waals surface area (Å²) in [6.45, 7) is 0.607. The summed E-state index contributed by atoms with van der Waals surface area (Å²) >= 11 is 1.54. The number of aromatic nitrogens is 3. The Bertz CT molecular complexity index is 634. The lowest BCUT2D eigenvalue weighted by atomic mass is 10.3. The van der Waals surface area contributed by atoms with E-state index in [0.29, 0.717) is 6.54 Å². The van der Waals surface area contributed by atoms with E-state index in [9.17, 15) is 0 Å². The van der Waals surface area contributed by atoms with Gasteiger partial charge in [0.1, 0.15) is 10.8 Å². The summed E-state index contributed by atoms with van der Waals surface area (Å²) < 4.78 is 7.00. The summed E-state index contributed by atoms with van der Waals surface area (Å²) in [5, 5.41) is 5.31. The van der Waals surface area contributed by atoms with Gasteiger partial charge in [-0.25, -0.2) is 9.50 Å². The average Bonchev–Trinajstić information content (AvgIpc) is 3.00. The molecule has 0 bridgehead atoms. The molecule has 6 heteroatoms. The van der Waals surface area contributed by atoms with Crippen LogP contribution in [0.2, 0.25) is 0 Å². The monoisotopic (exact) mass is 260 g/mol. The van der Waals surface area contributed by atoms with Crippen LogP contribution in [0.25, 0.3) is 17.1 Å². The molecule has 0 saturated heterocycles. The lowest BCUT2D eigenvalue weighted by Gasteiger charge is -1.87. The summed E-state index contributed by atoms with van der Waals surface area (Å²) in [7, 11) is 0. The molecule has 0 aliphatic rings. The van der Waals surface area contributed by atoms with Gasteiger partial charge in [-0.2, -0.15) is 5.10 Å². The van der Waals surface area contributed by atoms with Crippen LogP contribution in [0.5, 0.6) is 0 Å². The second-order valence-electron chi connectivity index (χ2n) is 3.79. The van der Waals surface area contributed by atoms with Gasteiger partial charge in [0.05, 0.1) is 18.2 Å². The van der Waals surface area contributed by atoms with Crippen molar-refractivity contribution < 1.29 is 4.42 Å². The number of hydrogen-bond donors (Lipinski definition) is 1. The highest BCUT2D eigenvalue weighted by Gasteiger charge is 2.05. The zero-order valence-electron chi connectivity index (χ0n) is 9.61. The fourth-order valence-corrected chi connectivity index (χ4v) is 2.44. The second-order valence-corrected chi connectivity index (χ2v) is 4.77. The molecule has 0 amide bonds. The van der Waals surface area contributed by atoms with Crippen LogP contribution in [0, 0.1) is 0 Å². The normalized spacial score (nSPS) is 11.8. The highest BCUT2D eigenvalue weighted by atomic mass is 32.1. The Morgan fingerprint density at radius 1 is 1.44 bits per heavy atom. The van der Waals surface area contributed by atoms with Crippen LogP contribution in [0.15, 0.2) is 29.0 Å². The minimum absolute atomic E-state index is 0.607. The summed E-state index contributed by atoms with van der Waals surface area (Å²) in [5.74, 6) is 0.812. The predicted octanol–water partition coefficient (Wildman–Crippen LogP) is 2.06. The molecule has 3 aromatic heterocycles. The van der Waals surface area contributed by atoms with E-state index in [2.05, 4.69) is 10.1 Å². The van der Waals surface area contributed by atoms with Crippen LogP contribution in [0.3, 0.4) is 0 Å². The molecule has 0 saturated carbocycles. The maximum atomic E-state index is 5.50. The number of nitrogens with zero attached hydrogens (tertiary/aromatic N) is 3. The number of furan rings is 1. The van der Waals surface area contributed by atoms with E-state index in [1.807, 2.05) is 30.5 Å². The Labute approximate surface area is 108 Å². The number of hydrogen-bond acceptors (Lipinski definition) is 5. The third kappa shape index (κ3) is 2.20. The maximum Gasteiger partial charge on any atom is 0.212 e. The first-order valence-electron chi connectivity index (χ1n) is 5.62. The summed E-state index contributed by atoms with van der Waals surface area (Å²) in [4.78, 5) is 5.34. The highest BCUT2D eigenvalue weighted by molar-refractivity contribution is 7.17. The molecule has 0 spiro atoms. The fourth-order valence-electron chi connectivity index (χ4n) is 1.64. The van der Waals surface area contributed by atoms with Gasteiger partial charge in [0.25, 0.3) is 0 Å². The van der Waals surface area contributed by atoms with Crippen molar-refractivity contribution in [2.75, 3.05) is 6.54 Å². The van der Waals surface area contributed by atoms with Crippen molar-refractivity contribution in [3.05, 3.63) is 41.1 Å². The molecule has 0 radical (unpaired) electrons. The fraction of sp³-hybridized carbons (Fsp3) is 0.167. The molecule has 0 unspecified atom stereocenters. The van der Waals surface area contributed by atoms with Crippen molar-refractivity contribution >= 4 is 28.4 Å². The summed E-state index contributed by atoms with van der Waals surface area (Å²) in [5.41, 5.74) is 6.48. The van der Waals surface area contributed by atoms with E-state index in [1.54, 1.807) is 10.8 Å². The van der Waals surface area contributed by atoms with Gasteiger partial charge in [-0.3, -0.25) is 0 Å². The smallest absolute Gasteiger partial charge is 0.212 e. The third-order valence-electron chi connectivity index (χ3n) is 2.44. The van der Waals surface area contributed by atoms with Gasteiger partial charge < -0.3 is 10.2 Å². The first-order chi connectivity index (χ1) is 8.85. The Kier molecular flexibility index (Phi) is 2.95. The molecule has 3 rings (SSSR count). The zero-order valence-corrected chi connectivity index (χ0v) is 10.4. The molecular formula is C12H12N4OS. The first kappa shape index (κ1) is 11.2. The molecule has 0 aromatic carbocycles. The standard InChI is InChI=1S/C12H12N4OS/c13-6-5-9-8-16-12(14-9)18-11(15-16)4-3-10-2-1-7-17-10/h1-4,7-8H,5-6,13H2/b4-3+. The minimum Gasteiger partial charge on any atom is -0.465 e. The van der Waals surface area contributed by atoms with Gasteiger partial charge in [0.15, 0.2) is 0 Å². The van der Waals surface area contributed by atoms with Crippen molar-refractivity contribution in [1.29, 1.82) is 0 Å². The molecule has 18 heavy (non-hydrogen) atoms. The van der Waals surface area contributed by atoms with Gasteiger partial charge in [-0.15, -0.1) is 0 Å². The first-order valence-corrected chi connectivity index (χ1v) is 6.43. The van der Waals surface area contributed by atoms with Crippen molar-refractivity contribution in [2.45, 2.75) is 6.42 Å². The molecular weight excluding hydrogens is 248 g/mol. The van der Waals surface area contributed by atoms with Gasteiger partial charge in [0.2, 0.25) is 4.96 Å². The second kappa shape index (κ2) is 4.75. The van der Waals surface area contributed by atoms with E-state index in [1.165, 1.54) is 11.3 Å². The number of imidazole rings is 1. The quantitative estimate of drug-likeness (QED) is 0.779. The number of rotatable bonds is 4. The van der Waals surface area contributed by atoms with Crippen molar-refractivity contribution in [3.8, 4) is 0 Å². The van der Waals surface area contributed by atoms with Crippen LogP contribution in [-0.2, 0) is 6.42 Å². The molecule has 92 valence electrons. The highest BCUT2D eigenvalue weighted by Crippen LogP contribution is 2.17. The molecule has 2 N–H and O–H groups in total. The Morgan fingerprint density at radius 2 is 2.39 bits per heavy atom. The molecule has 5 nitrogen and oxygen atoms in total. The SMILES string of the molecule is NCCc1cn2nc(/C=C/c3ccco3)sc2n1. The summed E-state index contributed by atoms with van der Waals surface area (Å²) in [6, 6.07) is 3.75. The topological polar surface area (TPSA) is 69.3 Å². The lowest BCUT2D eigenvalue weighted by Crippen LogP contribution is -2.02.